The molecule has 0 amide bonds. The molecule has 554 valence electrons. The van der Waals surface area contributed by atoms with Crippen molar-refractivity contribution >= 4 is 158 Å². The molecular formula is C94H85BrCl2N6P4PdS2. The average molecular weight is 1740 g/mol. The van der Waals surface area contributed by atoms with Crippen LogP contribution in [0.5, 0.6) is 0 Å². The minimum atomic E-state index is -0.446. The van der Waals surface area contributed by atoms with Gasteiger partial charge in [-0.1, -0.05) is 401 Å². The summed E-state index contributed by atoms with van der Waals surface area (Å²) in [5.74, 6) is 2.88. The van der Waals surface area contributed by atoms with Gasteiger partial charge in [0.15, 0.2) is 5.82 Å². The maximum absolute atomic E-state index is 5.95. The van der Waals surface area contributed by atoms with Gasteiger partial charge in [0.2, 0.25) is 0 Å². The first kappa shape index (κ1) is 85.5. The normalized spacial score (nSPS) is 10.4. The van der Waals surface area contributed by atoms with Gasteiger partial charge in [-0.2, -0.15) is 0 Å². The topological polar surface area (TPSA) is 61.4 Å². The molecule has 110 heavy (non-hydrogen) atoms. The van der Waals surface area contributed by atoms with Gasteiger partial charge in [0.1, 0.15) is 10.3 Å². The molecule has 0 spiro atoms. The van der Waals surface area contributed by atoms with Crippen LogP contribution in [0.1, 0.15) is 13.8 Å². The van der Waals surface area contributed by atoms with Gasteiger partial charge in [-0.3, -0.25) is 4.98 Å². The number of rotatable bonds is 17. The number of nitrogens with zero attached hydrogens (tertiary/aromatic N) is 6. The molecule has 0 fully saturated rings. The maximum Gasteiger partial charge on any atom is 0.159 e. The molecule has 16 heteroatoms. The van der Waals surface area contributed by atoms with Crippen LogP contribution in [0.2, 0.25) is 10.0 Å². The zero-order valence-electron chi connectivity index (χ0n) is 61.5. The van der Waals surface area contributed by atoms with Crippen molar-refractivity contribution in [1.29, 1.82) is 0 Å². The fraction of sp³-hybridized carbons (Fsp3) is 0.0638. The Morgan fingerprint density at radius 2 is 0.555 bits per heavy atom. The summed E-state index contributed by atoms with van der Waals surface area (Å²) < 4.78 is 4.71. The van der Waals surface area contributed by atoms with Crippen LogP contribution in [-0.2, 0) is 34.5 Å². The number of hydrogen-bond acceptors (Lipinski definition) is 6. The van der Waals surface area contributed by atoms with Gasteiger partial charge in [-0.15, -0.1) is 23.5 Å². The van der Waals surface area contributed by atoms with E-state index in [1.54, 1.807) is 54.6 Å². The largest absolute Gasteiger partial charge is 0.341 e. The van der Waals surface area contributed by atoms with Crippen molar-refractivity contribution in [3.05, 3.63) is 434 Å². The smallest absolute Gasteiger partial charge is 0.159 e. The molecular weight excluding hydrogens is 1660 g/mol. The molecule has 0 saturated heterocycles. The molecule has 0 aliphatic heterocycles. The quantitative estimate of drug-likeness (QED) is 0.0392. The summed E-state index contributed by atoms with van der Waals surface area (Å²) in [6.45, 7) is 4.20. The van der Waals surface area contributed by atoms with Crippen LogP contribution in [0.25, 0.3) is 11.5 Å². The molecule has 4 heterocycles. The first-order chi connectivity index (χ1) is 53.6. The molecule has 0 bridgehead atoms. The summed E-state index contributed by atoms with van der Waals surface area (Å²) in [6, 6.07) is 133. The minimum absolute atomic E-state index is 0. The Balaban J connectivity index is 0.000000150. The molecule has 4 aromatic heterocycles. The second-order valence-electron chi connectivity index (χ2n) is 23.8. The van der Waals surface area contributed by atoms with E-state index in [1.165, 1.54) is 63.7 Å². The third-order valence-electron chi connectivity index (χ3n) is 16.0. The number of benzene rings is 12. The van der Waals surface area contributed by atoms with Crippen LogP contribution in [-0.4, -0.2) is 40.6 Å². The number of hydrogen-bond donors (Lipinski definition) is 0. The van der Waals surface area contributed by atoms with Crippen LogP contribution >= 0.6 is 94.3 Å². The molecule has 16 rings (SSSR count). The van der Waals surface area contributed by atoms with Gasteiger partial charge in [-0.05, 0) is 135 Å². The number of imidazole rings is 2. The van der Waals surface area contributed by atoms with E-state index in [4.69, 9.17) is 23.2 Å². The summed E-state index contributed by atoms with van der Waals surface area (Å²) >= 11 is 18.5. The second kappa shape index (κ2) is 48.3. The number of halogens is 3. The van der Waals surface area contributed by atoms with Crippen molar-refractivity contribution in [2.45, 2.75) is 23.6 Å². The Morgan fingerprint density at radius 3 is 0.755 bits per heavy atom. The summed E-state index contributed by atoms with van der Waals surface area (Å²) in [5.41, 5.74) is 0.892. The van der Waals surface area contributed by atoms with E-state index >= 15 is 0 Å². The fourth-order valence-electron chi connectivity index (χ4n) is 11.1. The van der Waals surface area contributed by atoms with Crippen LogP contribution in [0.4, 0.5) is 0 Å². The van der Waals surface area contributed by atoms with Crippen LogP contribution < -0.4 is 63.7 Å². The molecule has 0 radical (unpaired) electrons. The SMILES string of the molecule is CCSc1cc(Cl)cnc1-c1nccn1C.CCSc1cc(Cl)cnc1Br.Cn1ccnc1.[Pd].c1ccc(P(c2ccccc2)c2ccccc2)cc1.c1ccc(P(c2ccccc2)c2ccccc2)cc1.c1ccc(P(c2ccccc2)c2ccccc2)cc1.c1ccc(P(c2ccccc2)c2ccccc2)cc1. The third-order valence-corrected chi connectivity index (χ3v) is 28.9. The predicted molar refractivity (Wildman–Crippen MR) is 485 cm³/mol. The van der Waals surface area contributed by atoms with Crippen LogP contribution in [0, 0.1) is 0 Å². The summed E-state index contributed by atoms with van der Waals surface area (Å²) in [4.78, 5) is 18.7. The number of pyridine rings is 2. The molecule has 0 N–H and O–H groups in total. The number of aromatic nitrogens is 6. The van der Waals surface area contributed by atoms with Gasteiger partial charge < -0.3 is 9.13 Å². The third kappa shape index (κ3) is 27.2. The zero-order valence-corrected chi connectivity index (χ0v) is 71.4. The summed E-state index contributed by atoms with van der Waals surface area (Å²) in [7, 11) is 2.11. The number of aryl methyl sites for hydroxylation is 2. The Bertz CT molecular complexity index is 4270. The van der Waals surface area contributed by atoms with E-state index in [0.29, 0.717) is 10.0 Å². The molecule has 0 saturated carbocycles. The molecule has 16 aromatic rings. The van der Waals surface area contributed by atoms with E-state index in [2.05, 4.69) is 414 Å². The Morgan fingerprint density at radius 1 is 0.318 bits per heavy atom. The molecule has 0 unspecified atom stereocenters. The van der Waals surface area contributed by atoms with Crippen molar-refractivity contribution in [1.82, 2.24) is 29.1 Å². The fourth-order valence-corrected chi connectivity index (χ4v) is 22.9. The molecule has 0 atom stereocenters. The molecule has 6 nitrogen and oxygen atoms in total. The first-order valence-electron chi connectivity index (χ1n) is 35.6. The van der Waals surface area contributed by atoms with Crippen molar-refractivity contribution in [3.8, 4) is 11.5 Å². The Labute approximate surface area is 696 Å². The Hall–Kier alpha value is -8.50. The minimum Gasteiger partial charge on any atom is -0.341 e. The molecule has 0 aliphatic carbocycles. The van der Waals surface area contributed by atoms with Crippen molar-refractivity contribution in [3.63, 3.8) is 0 Å². The van der Waals surface area contributed by atoms with Crippen molar-refractivity contribution in [2.24, 2.45) is 14.1 Å². The van der Waals surface area contributed by atoms with E-state index < -0.39 is 31.7 Å². The van der Waals surface area contributed by atoms with Gasteiger partial charge in [0, 0.05) is 81.5 Å². The zero-order chi connectivity index (χ0) is 75.9. The van der Waals surface area contributed by atoms with Gasteiger partial charge in [-0.25, -0.2) is 15.0 Å². The summed E-state index contributed by atoms with van der Waals surface area (Å²) in [5, 5.41) is 18.1. The monoisotopic (exact) mass is 1740 g/mol. The van der Waals surface area contributed by atoms with Crippen LogP contribution in [0.3, 0.4) is 0 Å². The molecule has 12 aromatic carbocycles. The van der Waals surface area contributed by atoms with E-state index in [9.17, 15) is 0 Å². The second-order valence-corrected chi connectivity index (χ2v) is 36.9. The average Bonchev–Trinajstić information content (AvgIpc) is 1.18. The van der Waals surface area contributed by atoms with Crippen molar-refractivity contribution in [2.75, 3.05) is 11.5 Å². The molecule has 0 aliphatic rings. The van der Waals surface area contributed by atoms with Gasteiger partial charge in [0.05, 0.1) is 16.4 Å². The predicted octanol–water partition coefficient (Wildman–Crippen LogP) is 21.1. The Kier molecular flexibility index (Phi) is 37.6. The maximum atomic E-state index is 5.95. The van der Waals surface area contributed by atoms with Gasteiger partial charge >= 0.3 is 0 Å². The first-order valence-corrected chi connectivity index (χ1v) is 44.5. The van der Waals surface area contributed by atoms with E-state index in [1.807, 2.05) is 47.8 Å². The summed E-state index contributed by atoms with van der Waals surface area (Å²) in [6.07, 6.45) is 12.4. The van der Waals surface area contributed by atoms with Crippen LogP contribution in [0.15, 0.2) is 434 Å². The van der Waals surface area contributed by atoms with Crippen molar-refractivity contribution < 1.29 is 20.4 Å². The van der Waals surface area contributed by atoms with Gasteiger partial charge in [0.25, 0.3) is 0 Å². The standard InChI is InChI=1S/4C18H15P.C11H12ClN3S.C7H7BrClNS.C4H6N2.Pd/c4*1-4-10-16(11-5-1)19(17-12-6-2-7-13-17)18-14-8-3-9-15-18;1-3-16-9-6-8(12)7-14-10(9)11-13-4-5-15(11)2;1-2-11-6-3-5(9)4-10-7(6)8;1-6-3-2-5-4-6;/h4*1-15H;4-7H,3H2,1-2H3;3-4H,2H2,1H3;2-4H,1H3;. The van der Waals surface area contributed by atoms with E-state index in [0.717, 1.165) is 37.4 Å². The number of thioether (sulfide) groups is 2. The van der Waals surface area contributed by atoms with E-state index in [-0.39, 0.29) is 20.4 Å².